The topological polar surface area (TPSA) is 49.8 Å². The van der Waals surface area contributed by atoms with Crippen molar-refractivity contribution in [1.82, 2.24) is 9.88 Å². The van der Waals surface area contributed by atoms with Crippen LogP contribution in [0.3, 0.4) is 0 Å². The highest BCUT2D eigenvalue weighted by molar-refractivity contribution is 14.0. The van der Waals surface area contributed by atoms with Crippen molar-refractivity contribution in [2.24, 2.45) is 4.99 Å². The van der Waals surface area contributed by atoms with Crippen molar-refractivity contribution in [1.29, 1.82) is 0 Å². The number of hydrogen-bond donors (Lipinski definition) is 1. The van der Waals surface area contributed by atoms with E-state index in [2.05, 4.69) is 27.3 Å². The van der Waals surface area contributed by atoms with E-state index in [1.165, 1.54) is 19.3 Å². The molecular weight excluding hydrogens is 427 g/mol. The lowest BCUT2D eigenvalue weighted by Gasteiger charge is -2.30. The maximum atomic E-state index is 5.19. The van der Waals surface area contributed by atoms with Gasteiger partial charge in [-0.3, -0.25) is 0 Å². The molecule has 0 aliphatic carbocycles. The molecule has 0 saturated carbocycles. The highest BCUT2D eigenvalue weighted by Gasteiger charge is 2.15. The number of nitrogens with one attached hydrogen (secondary N) is 1. The van der Waals surface area contributed by atoms with Gasteiger partial charge in [-0.05, 0) is 37.5 Å². The van der Waals surface area contributed by atoms with Gasteiger partial charge in [0.05, 0.1) is 19.3 Å². The van der Waals surface area contributed by atoms with E-state index in [9.17, 15) is 0 Å². The van der Waals surface area contributed by atoms with Crippen LogP contribution in [-0.4, -0.2) is 36.0 Å². The zero-order valence-corrected chi connectivity index (χ0v) is 16.8. The van der Waals surface area contributed by atoms with E-state index in [0.29, 0.717) is 12.4 Å². The number of likely N-dealkylation sites (tertiary alicyclic amines) is 1. The third-order valence-corrected chi connectivity index (χ3v) is 4.07. The Kier molecular flexibility index (Phi) is 7.97. The number of nitrogens with zero attached hydrogens (tertiary/aromatic N) is 3. The first-order valence-electron chi connectivity index (χ1n) is 8.46. The second kappa shape index (κ2) is 10.2. The van der Waals surface area contributed by atoms with Crippen LogP contribution in [0.4, 0.5) is 5.69 Å². The quantitative estimate of drug-likeness (QED) is 0.430. The molecule has 0 spiro atoms. The summed E-state index contributed by atoms with van der Waals surface area (Å²) in [4.78, 5) is 11.6. The van der Waals surface area contributed by atoms with Crippen molar-refractivity contribution in [3.63, 3.8) is 0 Å². The molecule has 0 radical (unpaired) electrons. The van der Waals surface area contributed by atoms with Gasteiger partial charge in [-0.25, -0.2) is 9.98 Å². The van der Waals surface area contributed by atoms with E-state index < -0.39 is 0 Å². The molecule has 1 fully saturated rings. The van der Waals surface area contributed by atoms with Crippen molar-refractivity contribution < 1.29 is 4.74 Å². The number of rotatable bonds is 4. The summed E-state index contributed by atoms with van der Waals surface area (Å²) in [6, 6.07) is 16.0. The van der Waals surface area contributed by atoms with Crippen LogP contribution in [0.2, 0.25) is 0 Å². The van der Waals surface area contributed by atoms with Crippen LogP contribution in [0.15, 0.2) is 53.5 Å². The van der Waals surface area contributed by atoms with Gasteiger partial charge in [-0.2, -0.15) is 0 Å². The number of anilines is 1. The summed E-state index contributed by atoms with van der Waals surface area (Å²) < 4.78 is 5.19. The number of guanidine groups is 1. The number of benzene rings is 1. The van der Waals surface area contributed by atoms with Crippen molar-refractivity contribution in [2.45, 2.75) is 25.8 Å². The molecule has 3 rings (SSSR count). The molecule has 134 valence electrons. The fourth-order valence-electron chi connectivity index (χ4n) is 2.79. The second-order valence-corrected chi connectivity index (χ2v) is 5.85. The second-order valence-electron chi connectivity index (χ2n) is 5.85. The number of piperidine rings is 1. The summed E-state index contributed by atoms with van der Waals surface area (Å²) in [5, 5.41) is 3.46. The Balaban J connectivity index is 0.00000225. The Bertz CT molecular complexity index is 672. The number of halogens is 1. The van der Waals surface area contributed by atoms with E-state index in [1.807, 2.05) is 36.4 Å². The van der Waals surface area contributed by atoms with Gasteiger partial charge >= 0.3 is 0 Å². The van der Waals surface area contributed by atoms with E-state index in [0.717, 1.165) is 30.4 Å². The number of para-hydroxylation sites is 1. The molecule has 2 heterocycles. The molecule has 25 heavy (non-hydrogen) atoms. The van der Waals surface area contributed by atoms with Crippen molar-refractivity contribution in [3.8, 4) is 5.88 Å². The van der Waals surface area contributed by atoms with Gasteiger partial charge < -0.3 is 15.0 Å². The largest absolute Gasteiger partial charge is 0.481 e. The van der Waals surface area contributed by atoms with Crippen LogP contribution in [0.25, 0.3) is 0 Å². The maximum absolute atomic E-state index is 5.19. The van der Waals surface area contributed by atoms with Crippen LogP contribution in [0.1, 0.15) is 25.0 Å². The van der Waals surface area contributed by atoms with Crippen LogP contribution in [-0.2, 0) is 6.54 Å². The average Bonchev–Trinajstić information content (AvgIpc) is 2.67. The molecule has 1 aliphatic heterocycles. The van der Waals surface area contributed by atoms with Crippen LogP contribution in [0.5, 0.6) is 5.88 Å². The van der Waals surface area contributed by atoms with E-state index in [4.69, 9.17) is 9.73 Å². The SMILES string of the molecule is COc1cccc(CN=C(Nc2ccccc2)N2CCCCC2)n1.I. The molecule has 1 N–H and O–H groups in total. The van der Waals surface area contributed by atoms with Gasteiger partial charge in [-0.1, -0.05) is 24.3 Å². The van der Waals surface area contributed by atoms with E-state index in [-0.39, 0.29) is 24.0 Å². The van der Waals surface area contributed by atoms with E-state index >= 15 is 0 Å². The summed E-state index contributed by atoms with van der Waals surface area (Å²) in [5.41, 5.74) is 1.96. The Morgan fingerprint density at radius 1 is 1.08 bits per heavy atom. The summed E-state index contributed by atoms with van der Waals surface area (Å²) in [6.07, 6.45) is 3.73. The van der Waals surface area contributed by atoms with Crippen LogP contribution < -0.4 is 10.1 Å². The van der Waals surface area contributed by atoms with Gasteiger partial charge in [0.1, 0.15) is 0 Å². The Morgan fingerprint density at radius 2 is 1.84 bits per heavy atom. The normalized spacial score (nSPS) is 14.6. The fourth-order valence-corrected chi connectivity index (χ4v) is 2.79. The molecule has 5 nitrogen and oxygen atoms in total. The number of methoxy groups -OCH3 is 1. The van der Waals surface area contributed by atoms with Crippen molar-refractivity contribution in [3.05, 3.63) is 54.2 Å². The minimum atomic E-state index is 0. The van der Waals surface area contributed by atoms with Crippen molar-refractivity contribution in [2.75, 3.05) is 25.5 Å². The first-order valence-corrected chi connectivity index (χ1v) is 8.46. The first kappa shape index (κ1) is 19.5. The number of hydrogen-bond acceptors (Lipinski definition) is 3. The number of aliphatic imine (C=N–C) groups is 1. The Morgan fingerprint density at radius 3 is 2.56 bits per heavy atom. The van der Waals surface area contributed by atoms with Crippen LogP contribution >= 0.6 is 24.0 Å². The van der Waals surface area contributed by atoms with Gasteiger partial charge in [0.2, 0.25) is 5.88 Å². The summed E-state index contributed by atoms with van der Waals surface area (Å²) in [7, 11) is 1.63. The number of ether oxygens (including phenoxy) is 1. The summed E-state index contributed by atoms with van der Waals surface area (Å²) in [6.45, 7) is 2.62. The van der Waals surface area contributed by atoms with Crippen LogP contribution in [0, 0.1) is 0 Å². The van der Waals surface area contributed by atoms with Gasteiger partial charge in [-0.15, -0.1) is 24.0 Å². The average molecular weight is 452 g/mol. The molecule has 2 aromatic rings. The molecule has 1 aromatic heterocycles. The fraction of sp³-hybridized carbons (Fsp3) is 0.368. The molecule has 0 bridgehead atoms. The minimum absolute atomic E-state index is 0. The lowest BCUT2D eigenvalue weighted by Crippen LogP contribution is -2.40. The standard InChI is InChI=1S/C19H24N4O.HI/c1-24-18-12-8-11-17(21-18)15-20-19(23-13-6-3-7-14-23)22-16-9-4-2-5-10-16;/h2,4-5,8-12H,3,6-7,13-15H2,1H3,(H,20,22);1H. The predicted octanol–water partition coefficient (Wildman–Crippen LogP) is 4.16. The zero-order chi connectivity index (χ0) is 16.6. The highest BCUT2D eigenvalue weighted by atomic mass is 127. The third kappa shape index (κ3) is 5.88. The monoisotopic (exact) mass is 452 g/mol. The molecule has 6 heteroatoms. The molecule has 1 aromatic carbocycles. The predicted molar refractivity (Wildman–Crippen MR) is 113 cm³/mol. The number of pyridine rings is 1. The highest BCUT2D eigenvalue weighted by Crippen LogP contribution is 2.14. The Labute approximate surface area is 166 Å². The summed E-state index contributed by atoms with van der Waals surface area (Å²) >= 11 is 0. The molecule has 0 atom stereocenters. The van der Waals surface area contributed by atoms with E-state index in [1.54, 1.807) is 7.11 Å². The van der Waals surface area contributed by atoms with Gasteiger partial charge in [0.25, 0.3) is 0 Å². The first-order chi connectivity index (χ1) is 11.8. The summed E-state index contributed by atoms with van der Waals surface area (Å²) in [5.74, 6) is 1.55. The maximum Gasteiger partial charge on any atom is 0.213 e. The lowest BCUT2D eigenvalue weighted by atomic mass is 10.1. The van der Waals surface area contributed by atoms with Gasteiger partial charge in [0, 0.05) is 24.8 Å². The van der Waals surface area contributed by atoms with Gasteiger partial charge in [0.15, 0.2) is 5.96 Å². The molecule has 1 saturated heterocycles. The molecule has 1 aliphatic rings. The molecule has 0 unspecified atom stereocenters. The third-order valence-electron chi connectivity index (χ3n) is 4.07. The molecule has 0 amide bonds. The lowest BCUT2D eigenvalue weighted by molar-refractivity contribution is 0.340. The zero-order valence-electron chi connectivity index (χ0n) is 14.5. The minimum Gasteiger partial charge on any atom is -0.481 e. The smallest absolute Gasteiger partial charge is 0.213 e. The Hall–Kier alpha value is -1.83. The van der Waals surface area contributed by atoms with Crippen molar-refractivity contribution >= 4 is 35.6 Å². The molecular formula is C19H25IN4O. The number of aromatic nitrogens is 1.